The molecular formula is C6H6O2Rh. The van der Waals surface area contributed by atoms with Gasteiger partial charge in [0.05, 0.1) is 0 Å². The minimum Gasteiger partial charge on any atom is -0.508 e. The maximum atomic E-state index is 8.65. The number of benzene rings is 1. The summed E-state index contributed by atoms with van der Waals surface area (Å²) in [6, 6.07) is 5.70. The molecular weight excluding hydrogens is 207 g/mol. The molecule has 0 atom stereocenters. The smallest absolute Gasteiger partial charge is 0.115 e. The first kappa shape index (κ1) is 8.44. The van der Waals surface area contributed by atoms with Crippen LogP contribution < -0.4 is 0 Å². The summed E-state index contributed by atoms with van der Waals surface area (Å²) in [6.07, 6.45) is 0. The van der Waals surface area contributed by atoms with Crippen molar-refractivity contribution in [3.05, 3.63) is 24.3 Å². The van der Waals surface area contributed by atoms with Crippen LogP contribution in [0.4, 0.5) is 0 Å². The van der Waals surface area contributed by atoms with Gasteiger partial charge in [0.25, 0.3) is 0 Å². The molecule has 1 rings (SSSR count). The largest absolute Gasteiger partial charge is 0.508 e. The van der Waals surface area contributed by atoms with Crippen molar-refractivity contribution < 1.29 is 29.7 Å². The van der Waals surface area contributed by atoms with Crippen LogP contribution in [-0.2, 0) is 19.5 Å². The van der Waals surface area contributed by atoms with E-state index in [0.717, 1.165) is 0 Å². The van der Waals surface area contributed by atoms with Crippen LogP contribution in [0.1, 0.15) is 0 Å². The molecule has 0 saturated carbocycles. The molecule has 0 amide bonds. The Morgan fingerprint density at radius 2 is 1.00 bits per heavy atom. The SMILES string of the molecule is Oc1ccc(O)cc1.[Rh]. The molecule has 0 heterocycles. The van der Waals surface area contributed by atoms with E-state index in [4.69, 9.17) is 10.2 Å². The molecule has 1 aromatic carbocycles. The number of hydrogen-bond donors (Lipinski definition) is 2. The van der Waals surface area contributed by atoms with E-state index in [1.807, 2.05) is 0 Å². The fourth-order valence-electron chi connectivity index (χ4n) is 0.453. The predicted molar refractivity (Wildman–Crippen MR) is 29.8 cm³/mol. The van der Waals surface area contributed by atoms with Crippen molar-refractivity contribution >= 4 is 0 Å². The van der Waals surface area contributed by atoms with Gasteiger partial charge in [-0.3, -0.25) is 0 Å². The Labute approximate surface area is 65.9 Å². The van der Waals surface area contributed by atoms with E-state index >= 15 is 0 Å². The number of phenolic OH excluding ortho intramolecular Hbond substituents is 2. The molecule has 0 aliphatic heterocycles. The van der Waals surface area contributed by atoms with Crippen LogP contribution in [0, 0.1) is 0 Å². The summed E-state index contributed by atoms with van der Waals surface area (Å²) >= 11 is 0. The quantitative estimate of drug-likeness (QED) is 0.500. The van der Waals surface area contributed by atoms with E-state index in [-0.39, 0.29) is 31.0 Å². The average Bonchev–Trinajstić information content (AvgIpc) is 1.77. The van der Waals surface area contributed by atoms with Crippen molar-refractivity contribution in [1.82, 2.24) is 0 Å². The number of aromatic hydroxyl groups is 2. The Kier molecular flexibility index (Phi) is 3.25. The molecule has 3 heteroatoms. The van der Waals surface area contributed by atoms with Gasteiger partial charge in [0, 0.05) is 19.5 Å². The molecule has 51 valence electrons. The summed E-state index contributed by atoms with van der Waals surface area (Å²) in [4.78, 5) is 0. The van der Waals surface area contributed by atoms with Gasteiger partial charge in [0.2, 0.25) is 0 Å². The summed E-state index contributed by atoms with van der Waals surface area (Å²) in [6.45, 7) is 0. The third-order valence-corrected chi connectivity index (χ3v) is 0.850. The van der Waals surface area contributed by atoms with Crippen LogP contribution in [0.15, 0.2) is 24.3 Å². The Hall–Kier alpha value is -0.557. The van der Waals surface area contributed by atoms with Gasteiger partial charge in [-0.1, -0.05) is 0 Å². The predicted octanol–water partition coefficient (Wildman–Crippen LogP) is 1.10. The van der Waals surface area contributed by atoms with Gasteiger partial charge < -0.3 is 10.2 Å². The molecule has 0 aromatic heterocycles. The monoisotopic (exact) mass is 213 g/mol. The summed E-state index contributed by atoms with van der Waals surface area (Å²) < 4.78 is 0. The Balaban J connectivity index is 0.000000640. The normalized spacial score (nSPS) is 8.00. The fraction of sp³-hybridized carbons (Fsp3) is 0. The van der Waals surface area contributed by atoms with E-state index < -0.39 is 0 Å². The summed E-state index contributed by atoms with van der Waals surface area (Å²) in [5.41, 5.74) is 0. The molecule has 9 heavy (non-hydrogen) atoms. The van der Waals surface area contributed by atoms with Gasteiger partial charge in [0.1, 0.15) is 11.5 Å². The van der Waals surface area contributed by atoms with Gasteiger partial charge in [-0.2, -0.15) is 0 Å². The molecule has 0 aliphatic carbocycles. The van der Waals surface area contributed by atoms with Crippen LogP contribution in [0.25, 0.3) is 0 Å². The maximum absolute atomic E-state index is 8.65. The molecule has 2 nitrogen and oxygen atoms in total. The standard InChI is InChI=1S/C6H6O2.Rh/c7-5-1-2-6(8)4-3-5;/h1-4,7-8H;. The zero-order chi connectivity index (χ0) is 5.98. The molecule has 0 unspecified atom stereocenters. The maximum Gasteiger partial charge on any atom is 0.115 e. The van der Waals surface area contributed by atoms with E-state index in [2.05, 4.69) is 0 Å². The van der Waals surface area contributed by atoms with Crippen LogP contribution in [0.3, 0.4) is 0 Å². The van der Waals surface area contributed by atoms with Gasteiger partial charge in [-0.05, 0) is 24.3 Å². The Morgan fingerprint density at radius 3 is 1.22 bits per heavy atom. The van der Waals surface area contributed by atoms with Crippen LogP contribution in [0.5, 0.6) is 11.5 Å². The first-order valence-corrected chi connectivity index (χ1v) is 2.27. The minimum atomic E-state index is 0. The summed E-state index contributed by atoms with van der Waals surface area (Å²) in [5, 5.41) is 17.3. The van der Waals surface area contributed by atoms with E-state index in [9.17, 15) is 0 Å². The number of hydrogen-bond acceptors (Lipinski definition) is 2. The van der Waals surface area contributed by atoms with Crippen molar-refractivity contribution in [3.8, 4) is 11.5 Å². The van der Waals surface area contributed by atoms with E-state index in [1.54, 1.807) is 0 Å². The van der Waals surface area contributed by atoms with Gasteiger partial charge in [0.15, 0.2) is 0 Å². The summed E-state index contributed by atoms with van der Waals surface area (Å²) in [5.74, 6) is 0.339. The average molecular weight is 213 g/mol. The number of phenols is 2. The van der Waals surface area contributed by atoms with Gasteiger partial charge >= 0.3 is 0 Å². The molecule has 2 N–H and O–H groups in total. The third kappa shape index (κ3) is 2.47. The zero-order valence-corrected chi connectivity index (χ0v) is 6.18. The molecule has 1 radical (unpaired) electrons. The first-order chi connectivity index (χ1) is 3.79. The second-order valence-electron chi connectivity index (χ2n) is 1.52. The Bertz CT molecular complexity index is 150. The van der Waals surface area contributed by atoms with Crippen LogP contribution in [-0.4, -0.2) is 10.2 Å². The van der Waals surface area contributed by atoms with E-state index in [1.165, 1.54) is 24.3 Å². The molecule has 0 spiro atoms. The van der Waals surface area contributed by atoms with Crippen molar-refractivity contribution in [2.24, 2.45) is 0 Å². The van der Waals surface area contributed by atoms with Crippen molar-refractivity contribution in [1.29, 1.82) is 0 Å². The van der Waals surface area contributed by atoms with Crippen molar-refractivity contribution in [2.45, 2.75) is 0 Å². The minimum absolute atomic E-state index is 0. The zero-order valence-electron chi connectivity index (χ0n) is 4.54. The molecule has 0 fully saturated rings. The molecule has 0 bridgehead atoms. The Morgan fingerprint density at radius 1 is 0.778 bits per heavy atom. The third-order valence-electron chi connectivity index (χ3n) is 0.850. The number of rotatable bonds is 0. The fourth-order valence-corrected chi connectivity index (χ4v) is 0.453. The first-order valence-electron chi connectivity index (χ1n) is 2.27. The molecule has 0 aliphatic rings. The molecule has 0 saturated heterocycles. The van der Waals surface area contributed by atoms with Crippen molar-refractivity contribution in [2.75, 3.05) is 0 Å². The van der Waals surface area contributed by atoms with E-state index in [0.29, 0.717) is 0 Å². The van der Waals surface area contributed by atoms with Gasteiger partial charge in [-0.15, -0.1) is 0 Å². The second kappa shape index (κ2) is 3.47. The topological polar surface area (TPSA) is 40.5 Å². The molecule has 1 aromatic rings. The van der Waals surface area contributed by atoms with Crippen LogP contribution >= 0.6 is 0 Å². The second-order valence-corrected chi connectivity index (χ2v) is 1.52. The summed E-state index contributed by atoms with van der Waals surface area (Å²) in [7, 11) is 0. The van der Waals surface area contributed by atoms with Gasteiger partial charge in [-0.25, -0.2) is 0 Å². The van der Waals surface area contributed by atoms with Crippen LogP contribution in [0.2, 0.25) is 0 Å². The van der Waals surface area contributed by atoms with Crippen molar-refractivity contribution in [3.63, 3.8) is 0 Å².